The Hall–Kier alpha value is -1.33. The van der Waals surface area contributed by atoms with Crippen molar-refractivity contribution < 1.29 is 14.6 Å². The topological polar surface area (TPSA) is 71.5 Å². The highest BCUT2D eigenvalue weighted by molar-refractivity contribution is 6.32. The molecule has 6 heteroatoms. The zero-order valence-electron chi connectivity index (χ0n) is 12.2. The summed E-state index contributed by atoms with van der Waals surface area (Å²) in [4.78, 5) is 16.1. The first kappa shape index (κ1) is 16.0. The molecule has 0 bridgehead atoms. The fraction of sp³-hybridized carbons (Fsp3) is 0.600. The molecular formula is C15H21ClN2O3. The van der Waals surface area contributed by atoms with Gasteiger partial charge in [0.1, 0.15) is 5.02 Å². The second-order valence-electron chi connectivity index (χ2n) is 5.41. The quantitative estimate of drug-likeness (QED) is 0.876. The van der Waals surface area contributed by atoms with Crippen molar-refractivity contribution in [2.24, 2.45) is 0 Å². The van der Waals surface area contributed by atoms with Gasteiger partial charge in [-0.3, -0.25) is 4.79 Å². The maximum Gasteiger partial charge on any atom is 0.253 e. The molecule has 1 fully saturated rings. The first-order valence-electron chi connectivity index (χ1n) is 7.33. The molecule has 1 heterocycles. The monoisotopic (exact) mass is 312 g/mol. The van der Waals surface area contributed by atoms with E-state index >= 15 is 0 Å². The Morgan fingerprint density at radius 1 is 1.48 bits per heavy atom. The van der Waals surface area contributed by atoms with Crippen molar-refractivity contribution in [2.75, 3.05) is 13.2 Å². The summed E-state index contributed by atoms with van der Waals surface area (Å²) >= 11 is 6.01. The summed E-state index contributed by atoms with van der Waals surface area (Å²) < 4.78 is 5.23. The van der Waals surface area contributed by atoms with E-state index < -0.39 is 5.60 Å². The van der Waals surface area contributed by atoms with Crippen molar-refractivity contribution in [3.63, 3.8) is 0 Å². The highest BCUT2D eigenvalue weighted by Gasteiger charge is 2.29. The van der Waals surface area contributed by atoms with Gasteiger partial charge in [-0.05, 0) is 25.8 Å². The molecule has 0 saturated heterocycles. The van der Waals surface area contributed by atoms with E-state index in [9.17, 15) is 9.90 Å². The Kier molecular flexibility index (Phi) is 5.42. The van der Waals surface area contributed by atoms with Gasteiger partial charge in [-0.25, -0.2) is 4.98 Å². The Labute approximate surface area is 129 Å². The Morgan fingerprint density at radius 2 is 2.19 bits per heavy atom. The summed E-state index contributed by atoms with van der Waals surface area (Å²) in [5.41, 5.74) is -0.418. The third-order valence-corrected chi connectivity index (χ3v) is 3.98. The molecule has 1 aromatic rings. The number of aromatic nitrogens is 1. The zero-order valence-corrected chi connectivity index (χ0v) is 12.9. The van der Waals surface area contributed by atoms with Crippen LogP contribution in [0.15, 0.2) is 12.3 Å². The van der Waals surface area contributed by atoms with Gasteiger partial charge in [0.15, 0.2) is 0 Å². The highest BCUT2D eigenvalue weighted by Crippen LogP contribution is 2.27. The second kappa shape index (κ2) is 7.09. The van der Waals surface area contributed by atoms with Crippen LogP contribution in [-0.2, 0) is 0 Å². The molecule has 21 heavy (non-hydrogen) atoms. The van der Waals surface area contributed by atoms with Crippen LogP contribution in [0.4, 0.5) is 0 Å². The van der Waals surface area contributed by atoms with Gasteiger partial charge in [-0.1, -0.05) is 30.9 Å². The molecule has 0 aliphatic heterocycles. The van der Waals surface area contributed by atoms with Gasteiger partial charge in [-0.2, -0.15) is 0 Å². The largest absolute Gasteiger partial charge is 0.477 e. The van der Waals surface area contributed by atoms with Gasteiger partial charge >= 0.3 is 0 Å². The molecule has 0 spiro atoms. The van der Waals surface area contributed by atoms with Crippen LogP contribution < -0.4 is 10.1 Å². The lowest BCUT2D eigenvalue weighted by atomic mass is 9.85. The van der Waals surface area contributed by atoms with Crippen LogP contribution in [0.5, 0.6) is 5.88 Å². The number of ether oxygens (including phenoxy) is 1. The normalized spacial score (nSPS) is 17.3. The van der Waals surface area contributed by atoms with Gasteiger partial charge in [-0.15, -0.1) is 0 Å². The summed E-state index contributed by atoms with van der Waals surface area (Å²) in [6, 6.07) is 1.53. The maximum atomic E-state index is 12.1. The molecule has 0 unspecified atom stereocenters. The minimum atomic E-state index is -0.781. The average molecular weight is 313 g/mol. The van der Waals surface area contributed by atoms with Crippen molar-refractivity contribution in [2.45, 2.75) is 44.6 Å². The Bertz CT molecular complexity index is 502. The lowest BCUT2D eigenvalue weighted by molar-refractivity contribution is 0.00525. The molecule has 1 aromatic heterocycles. The molecule has 0 radical (unpaired) electrons. The number of amides is 1. The number of carbonyl (C=O) groups excluding carboxylic acids is 1. The smallest absolute Gasteiger partial charge is 0.253 e. The lowest BCUT2D eigenvalue weighted by Gasteiger charge is -2.32. The van der Waals surface area contributed by atoms with Gasteiger partial charge in [0.2, 0.25) is 5.88 Å². The maximum absolute atomic E-state index is 12.1. The molecule has 2 N–H and O–H groups in total. The lowest BCUT2D eigenvalue weighted by Crippen LogP contribution is -2.44. The van der Waals surface area contributed by atoms with Crippen LogP contribution in [0.25, 0.3) is 0 Å². The molecule has 2 rings (SSSR count). The minimum Gasteiger partial charge on any atom is -0.477 e. The van der Waals surface area contributed by atoms with E-state index in [1.165, 1.54) is 12.3 Å². The predicted octanol–water partition coefficient (Wildman–Crippen LogP) is 2.56. The highest BCUT2D eigenvalue weighted by atomic mass is 35.5. The fourth-order valence-electron chi connectivity index (χ4n) is 2.53. The molecular weight excluding hydrogens is 292 g/mol. The standard InChI is InChI=1S/C15H21ClN2O3/c1-2-21-14-12(16)8-11(9-17-14)13(19)18-10-15(20)6-4-3-5-7-15/h8-9,20H,2-7,10H2,1H3,(H,18,19). The number of pyridine rings is 1. The van der Waals surface area contributed by atoms with E-state index in [1.807, 2.05) is 6.92 Å². The van der Waals surface area contributed by atoms with Crippen molar-refractivity contribution in [3.8, 4) is 5.88 Å². The fourth-order valence-corrected chi connectivity index (χ4v) is 2.75. The number of aliphatic hydroxyl groups is 1. The van der Waals surface area contributed by atoms with Crippen LogP contribution in [0.3, 0.4) is 0 Å². The van der Waals surface area contributed by atoms with E-state index in [4.69, 9.17) is 16.3 Å². The molecule has 1 saturated carbocycles. The zero-order chi connectivity index (χ0) is 15.3. The van der Waals surface area contributed by atoms with Crippen LogP contribution >= 0.6 is 11.6 Å². The van der Waals surface area contributed by atoms with Crippen LogP contribution in [0, 0.1) is 0 Å². The second-order valence-corrected chi connectivity index (χ2v) is 5.82. The van der Waals surface area contributed by atoms with E-state index in [-0.39, 0.29) is 12.5 Å². The van der Waals surface area contributed by atoms with E-state index in [2.05, 4.69) is 10.3 Å². The summed E-state index contributed by atoms with van der Waals surface area (Å²) in [5.74, 6) is 0.0353. The molecule has 1 aliphatic rings. The van der Waals surface area contributed by atoms with Gasteiger partial charge in [0, 0.05) is 12.7 Å². The first-order valence-corrected chi connectivity index (χ1v) is 7.71. The van der Waals surface area contributed by atoms with Crippen LogP contribution in [-0.4, -0.2) is 34.8 Å². The van der Waals surface area contributed by atoms with Crippen LogP contribution in [0.1, 0.15) is 49.4 Å². The van der Waals surface area contributed by atoms with Gasteiger partial charge < -0.3 is 15.2 Å². The number of rotatable bonds is 5. The van der Waals surface area contributed by atoms with Crippen molar-refractivity contribution in [1.29, 1.82) is 0 Å². The summed E-state index contributed by atoms with van der Waals surface area (Å²) in [5, 5.41) is 13.4. The number of halogens is 1. The average Bonchev–Trinajstić information content (AvgIpc) is 2.48. The number of nitrogens with zero attached hydrogens (tertiary/aromatic N) is 1. The third kappa shape index (κ3) is 4.32. The van der Waals surface area contributed by atoms with Gasteiger partial charge in [0.05, 0.1) is 17.8 Å². The SMILES string of the molecule is CCOc1ncc(C(=O)NCC2(O)CCCCC2)cc1Cl. The number of nitrogens with one attached hydrogen (secondary N) is 1. The van der Waals surface area contributed by atoms with Crippen molar-refractivity contribution in [3.05, 3.63) is 22.8 Å². The molecule has 0 atom stereocenters. The van der Waals surface area contributed by atoms with E-state index in [0.717, 1.165) is 32.1 Å². The summed E-state index contributed by atoms with van der Waals surface area (Å²) in [7, 11) is 0. The number of carbonyl (C=O) groups is 1. The molecule has 1 aliphatic carbocycles. The van der Waals surface area contributed by atoms with Crippen molar-refractivity contribution in [1.82, 2.24) is 10.3 Å². The van der Waals surface area contributed by atoms with E-state index in [0.29, 0.717) is 23.1 Å². The van der Waals surface area contributed by atoms with Crippen molar-refractivity contribution >= 4 is 17.5 Å². The minimum absolute atomic E-state index is 0.261. The summed E-state index contributed by atoms with van der Waals surface area (Å²) in [6.07, 6.45) is 6.04. The molecule has 0 aromatic carbocycles. The Morgan fingerprint density at radius 3 is 2.81 bits per heavy atom. The summed E-state index contributed by atoms with van der Waals surface area (Å²) in [6.45, 7) is 2.56. The molecule has 1 amide bonds. The Balaban J connectivity index is 1.95. The predicted molar refractivity (Wildman–Crippen MR) is 80.8 cm³/mol. The van der Waals surface area contributed by atoms with Crippen LogP contribution in [0.2, 0.25) is 5.02 Å². The van der Waals surface area contributed by atoms with Gasteiger partial charge in [0.25, 0.3) is 5.91 Å². The molecule has 5 nitrogen and oxygen atoms in total. The van der Waals surface area contributed by atoms with E-state index in [1.54, 1.807) is 0 Å². The first-order chi connectivity index (χ1) is 10.0. The molecule has 116 valence electrons. The third-order valence-electron chi connectivity index (χ3n) is 3.71. The number of hydrogen-bond acceptors (Lipinski definition) is 4. The number of hydrogen-bond donors (Lipinski definition) is 2.